The zero-order valence-corrected chi connectivity index (χ0v) is 10.3. The third-order valence-corrected chi connectivity index (χ3v) is 4.35. The molecule has 0 aromatic heterocycles. The van der Waals surface area contributed by atoms with Crippen LogP contribution in [0.3, 0.4) is 0 Å². The molecule has 0 radical (unpaired) electrons. The SMILES string of the molecule is CCOCCN(CC)S(=O)(=O)C(C)C. The van der Waals surface area contributed by atoms with Gasteiger partial charge in [0.2, 0.25) is 10.0 Å². The summed E-state index contributed by atoms with van der Waals surface area (Å²) in [5.41, 5.74) is 0. The predicted octanol–water partition coefficient (Wildman–Crippen LogP) is 1.08. The summed E-state index contributed by atoms with van der Waals surface area (Å²) in [5, 5.41) is -0.357. The average molecular weight is 223 g/mol. The number of likely N-dealkylation sites (N-methyl/N-ethyl adjacent to an activating group) is 1. The lowest BCUT2D eigenvalue weighted by Gasteiger charge is -2.22. The summed E-state index contributed by atoms with van der Waals surface area (Å²) in [6.07, 6.45) is 0. The summed E-state index contributed by atoms with van der Waals surface area (Å²) in [7, 11) is -3.12. The quantitative estimate of drug-likeness (QED) is 0.607. The van der Waals surface area contributed by atoms with Gasteiger partial charge in [-0.05, 0) is 20.8 Å². The van der Waals surface area contributed by atoms with Crippen LogP contribution in [0, 0.1) is 0 Å². The fourth-order valence-corrected chi connectivity index (χ4v) is 2.36. The van der Waals surface area contributed by atoms with Crippen LogP contribution >= 0.6 is 0 Å². The Morgan fingerprint density at radius 3 is 2.21 bits per heavy atom. The number of hydrogen-bond acceptors (Lipinski definition) is 3. The third kappa shape index (κ3) is 3.94. The fourth-order valence-electron chi connectivity index (χ4n) is 1.07. The topological polar surface area (TPSA) is 46.6 Å². The molecule has 4 nitrogen and oxygen atoms in total. The second-order valence-corrected chi connectivity index (χ2v) is 5.77. The van der Waals surface area contributed by atoms with E-state index >= 15 is 0 Å². The number of rotatable bonds is 7. The molecule has 0 spiro atoms. The van der Waals surface area contributed by atoms with Gasteiger partial charge in [0, 0.05) is 19.7 Å². The Kier molecular flexibility index (Phi) is 6.31. The Labute approximate surface area is 87.3 Å². The fraction of sp³-hybridized carbons (Fsp3) is 1.00. The summed E-state index contributed by atoms with van der Waals surface area (Å²) in [4.78, 5) is 0. The molecule has 0 unspecified atom stereocenters. The highest BCUT2D eigenvalue weighted by molar-refractivity contribution is 7.89. The van der Waals surface area contributed by atoms with Gasteiger partial charge < -0.3 is 4.74 Å². The lowest BCUT2D eigenvalue weighted by molar-refractivity contribution is 0.135. The lowest BCUT2D eigenvalue weighted by atomic mass is 10.6. The minimum absolute atomic E-state index is 0.357. The van der Waals surface area contributed by atoms with Crippen molar-refractivity contribution in [3.05, 3.63) is 0 Å². The summed E-state index contributed by atoms with van der Waals surface area (Å²) < 4.78 is 30.1. The summed E-state index contributed by atoms with van der Waals surface area (Å²) >= 11 is 0. The van der Waals surface area contributed by atoms with E-state index in [-0.39, 0.29) is 5.25 Å². The molecule has 86 valence electrons. The van der Waals surface area contributed by atoms with Gasteiger partial charge in [-0.2, -0.15) is 4.31 Å². The molecule has 0 atom stereocenters. The third-order valence-electron chi connectivity index (χ3n) is 2.00. The van der Waals surface area contributed by atoms with Gasteiger partial charge in [0.1, 0.15) is 0 Å². The molecule has 0 aliphatic rings. The van der Waals surface area contributed by atoms with Crippen LogP contribution < -0.4 is 0 Å². The number of nitrogens with zero attached hydrogens (tertiary/aromatic N) is 1. The van der Waals surface area contributed by atoms with Crippen LogP contribution in [-0.4, -0.2) is 44.3 Å². The number of sulfonamides is 1. The largest absolute Gasteiger partial charge is 0.380 e. The van der Waals surface area contributed by atoms with E-state index in [2.05, 4.69) is 0 Å². The van der Waals surface area contributed by atoms with Crippen molar-refractivity contribution in [3.8, 4) is 0 Å². The van der Waals surface area contributed by atoms with Crippen LogP contribution in [-0.2, 0) is 14.8 Å². The minimum Gasteiger partial charge on any atom is -0.380 e. The van der Waals surface area contributed by atoms with E-state index in [1.807, 2.05) is 13.8 Å². The van der Waals surface area contributed by atoms with Crippen molar-refractivity contribution >= 4 is 10.0 Å². The van der Waals surface area contributed by atoms with Crippen molar-refractivity contribution in [1.29, 1.82) is 0 Å². The molecule has 5 heteroatoms. The van der Waals surface area contributed by atoms with Crippen LogP contribution in [0.15, 0.2) is 0 Å². The van der Waals surface area contributed by atoms with Crippen LogP contribution in [0.5, 0.6) is 0 Å². The molecule has 0 aromatic rings. The van der Waals surface area contributed by atoms with Crippen molar-refractivity contribution in [1.82, 2.24) is 4.31 Å². The first-order valence-corrected chi connectivity index (χ1v) is 6.53. The van der Waals surface area contributed by atoms with Crippen LogP contribution in [0.2, 0.25) is 0 Å². The minimum atomic E-state index is -3.12. The monoisotopic (exact) mass is 223 g/mol. The molecule has 0 aromatic carbocycles. The van der Waals surface area contributed by atoms with Gasteiger partial charge in [0.25, 0.3) is 0 Å². The molecule has 0 aliphatic heterocycles. The van der Waals surface area contributed by atoms with Gasteiger partial charge in [-0.3, -0.25) is 0 Å². The van der Waals surface area contributed by atoms with Gasteiger partial charge in [0.15, 0.2) is 0 Å². The van der Waals surface area contributed by atoms with E-state index in [9.17, 15) is 8.42 Å². The Bertz CT molecular complexity index is 236. The van der Waals surface area contributed by atoms with Gasteiger partial charge in [0.05, 0.1) is 11.9 Å². The molecule has 0 fully saturated rings. The first kappa shape index (κ1) is 13.9. The highest BCUT2D eigenvalue weighted by Gasteiger charge is 2.23. The molecule has 0 aliphatic carbocycles. The van der Waals surface area contributed by atoms with E-state index < -0.39 is 10.0 Å². The van der Waals surface area contributed by atoms with Crippen LogP contribution in [0.1, 0.15) is 27.7 Å². The molecule has 0 rings (SSSR count). The summed E-state index contributed by atoms with van der Waals surface area (Å²) in [5.74, 6) is 0. The van der Waals surface area contributed by atoms with Crippen LogP contribution in [0.25, 0.3) is 0 Å². The smallest absolute Gasteiger partial charge is 0.216 e. The van der Waals surface area contributed by atoms with Crippen LogP contribution in [0.4, 0.5) is 0 Å². The second-order valence-electron chi connectivity index (χ2n) is 3.28. The maximum atomic E-state index is 11.7. The van der Waals surface area contributed by atoms with Gasteiger partial charge in [-0.1, -0.05) is 6.92 Å². The Balaban J connectivity index is 4.27. The van der Waals surface area contributed by atoms with Crippen molar-refractivity contribution in [3.63, 3.8) is 0 Å². The molecule has 0 bridgehead atoms. The maximum Gasteiger partial charge on any atom is 0.216 e. The molecular weight excluding hydrogens is 202 g/mol. The molecule has 0 saturated heterocycles. The molecule has 0 heterocycles. The van der Waals surface area contributed by atoms with E-state index in [4.69, 9.17) is 4.74 Å². The average Bonchev–Trinajstić information content (AvgIpc) is 2.12. The molecule has 0 N–H and O–H groups in total. The van der Waals surface area contributed by atoms with Gasteiger partial charge >= 0.3 is 0 Å². The standard InChI is InChI=1S/C9H21NO3S/c1-5-10(7-8-13-6-2)14(11,12)9(3)4/h9H,5-8H2,1-4H3. The van der Waals surface area contributed by atoms with Crippen molar-refractivity contribution in [2.24, 2.45) is 0 Å². The van der Waals surface area contributed by atoms with Gasteiger partial charge in [-0.25, -0.2) is 8.42 Å². The summed E-state index contributed by atoms with van der Waals surface area (Å²) in [6, 6.07) is 0. The van der Waals surface area contributed by atoms with E-state index in [1.165, 1.54) is 4.31 Å². The first-order valence-electron chi connectivity index (χ1n) is 5.03. The lowest BCUT2D eigenvalue weighted by Crippen LogP contribution is -2.38. The van der Waals surface area contributed by atoms with E-state index in [1.54, 1.807) is 13.8 Å². The maximum absolute atomic E-state index is 11.7. The molecule has 14 heavy (non-hydrogen) atoms. The molecular formula is C9H21NO3S. The van der Waals surface area contributed by atoms with Crippen molar-refractivity contribution < 1.29 is 13.2 Å². The second kappa shape index (κ2) is 6.37. The normalized spacial score (nSPS) is 12.7. The zero-order valence-electron chi connectivity index (χ0n) is 9.49. The highest BCUT2D eigenvalue weighted by Crippen LogP contribution is 2.07. The van der Waals surface area contributed by atoms with E-state index in [0.29, 0.717) is 26.3 Å². The highest BCUT2D eigenvalue weighted by atomic mass is 32.2. The Morgan fingerprint density at radius 1 is 1.29 bits per heavy atom. The first-order chi connectivity index (χ1) is 6.46. The van der Waals surface area contributed by atoms with Gasteiger partial charge in [-0.15, -0.1) is 0 Å². The molecule has 0 amide bonds. The number of hydrogen-bond donors (Lipinski definition) is 0. The summed E-state index contributed by atoms with van der Waals surface area (Å²) in [6.45, 7) is 9.17. The van der Waals surface area contributed by atoms with E-state index in [0.717, 1.165) is 0 Å². The molecule has 0 saturated carbocycles. The zero-order chi connectivity index (χ0) is 11.2. The van der Waals surface area contributed by atoms with Crippen molar-refractivity contribution in [2.45, 2.75) is 32.9 Å². The Hall–Kier alpha value is -0.130. The Morgan fingerprint density at radius 2 is 1.86 bits per heavy atom. The predicted molar refractivity (Wildman–Crippen MR) is 57.8 cm³/mol. The van der Waals surface area contributed by atoms with Crippen molar-refractivity contribution in [2.75, 3.05) is 26.3 Å². The number of ether oxygens (including phenoxy) is 1.